The fourth-order valence-electron chi connectivity index (χ4n) is 1.60. The maximum absolute atomic E-state index is 7.18. The third-order valence-electron chi connectivity index (χ3n) is 2.55. The Labute approximate surface area is 104 Å². The normalized spacial score (nSPS) is 10.4. The van der Waals surface area contributed by atoms with Crippen molar-refractivity contribution in [3.63, 3.8) is 0 Å². The smallest absolute Gasteiger partial charge is 0.124 e. The minimum Gasteiger partial charge on any atom is -0.398 e. The van der Waals surface area contributed by atoms with Crippen LogP contribution in [-0.2, 0) is 12.8 Å². The van der Waals surface area contributed by atoms with Crippen molar-refractivity contribution in [2.24, 2.45) is 0 Å². The van der Waals surface area contributed by atoms with Crippen molar-refractivity contribution in [2.75, 3.05) is 5.73 Å². The molecule has 3 N–H and O–H groups in total. The number of nitrogens with zero attached hydrogens (tertiary/aromatic N) is 1. The number of benzene rings is 1. The fourth-order valence-corrected chi connectivity index (χ4v) is 1.86. The zero-order valence-corrected chi connectivity index (χ0v) is 9.87. The van der Waals surface area contributed by atoms with E-state index >= 15 is 0 Å². The van der Waals surface area contributed by atoms with E-state index < -0.39 is 0 Å². The van der Waals surface area contributed by atoms with Gasteiger partial charge in [0.05, 0.1) is 5.69 Å². The van der Waals surface area contributed by atoms with Gasteiger partial charge in [-0.15, -0.1) is 0 Å². The van der Waals surface area contributed by atoms with E-state index in [-0.39, 0.29) is 0 Å². The number of halogens is 1. The minimum absolute atomic E-state index is 0.569. The van der Waals surface area contributed by atoms with E-state index in [0.717, 1.165) is 24.1 Å². The molecule has 0 radical (unpaired) electrons. The molecule has 0 aliphatic heterocycles. The Balaban J connectivity index is 2.16. The van der Waals surface area contributed by atoms with Crippen LogP contribution in [0.15, 0.2) is 29.0 Å². The summed E-state index contributed by atoms with van der Waals surface area (Å²) in [5.74, 6) is 0. The molecule has 0 unspecified atom stereocenters. The van der Waals surface area contributed by atoms with Gasteiger partial charge in [-0.2, -0.15) is 0 Å². The van der Waals surface area contributed by atoms with Crippen LogP contribution in [0.2, 0.25) is 5.02 Å². The molecule has 0 aliphatic rings. The number of nitrogens with two attached hydrogens (primary N) is 1. The highest BCUT2D eigenvalue weighted by Crippen LogP contribution is 2.23. The van der Waals surface area contributed by atoms with Gasteiger partial charge in [-0.25, -0.2) is 0 Å². The zero-order chi connectivity index (χ0) is 12.3. The van der Waals surface area contributed by atoms with Crippen molar-refractivity contribution in [3.05, 3.63) is 46.3 Å². The first-order valence-electron chi connectivity index (χ1n) is 5.18. The van der Waals surface area contributed by atoms with E-state index in [9.17, 15) is 0 Å². The molecule has 0 spiro atoms. The van der Waals surface area contributed by atoms with Crippen LogP contribution in [0, 0.1) is 5.41 Å². The number of nitrogen functional groups attached to an aromatic ring is 1. The van der Waals surface area contributed by atoms with Crippen molar-refractivity contribution in [2.45, 2.75) is 12.8 Å². The molecule has 1 aromatic carbocycles. The van der Waals surface area contributed by atoms with Crippen LogP contribution in [0.1, 0.15) is 16.8 Å². The van der Waals surface area contributed by atoms with Crippen molar-refractivity contribution in [1.29, 1.82) is 5.41 Å². The molecule has 5 heteroatoms. The Bertz CT molecular complexity index is 523. The lowest BCUT2D eigenvalue weighted by Gasteiger charge is -2.07. The fraction of sp³-hybridized carbons (Fsp3) is 0.167. The molecular formula is C12H12ClN3O. The van der Waals surface area contributed by atoms with Crippen LogP contribution in [0.3, 0.4) is 0 Å². The van der Waals surface area contributed by atoms with E-state index in [0.29, 0.717) is 16.3 Å². The average molecular weight is 250 g/mol. The quantitative estimate of drug-likeness (QED) is 0.646. The molecule has 0 saturated carbocycles. The van der Waals surface area contributed by atoms with Gasteiger partial charge in [0.1, 0.15) is 6.26 Å². The van der Waals surface area contributed by atoms with Crippen LogP contribution < -0.4 is 5.73 Å². The van der Waals surface area contributed by atoms with Crippen molar-refractivity contribution in [1.82, 2.24) is 5.16 Å². The second-order valence-electron chi connectivity index (χ2n) is 3.71. The minimum atomic E-state index is 0.569. The van der Waals surface area contributed by atoms with Gasteiger partial charge in [0.15, 0.2) is 0 Å². The highest BCUT2D eigenvalue weighted by atomic mass is 35.5. The molecule has 1 heterocycles. The molecule has 0 aliphatic carbocycles. The topological polar surface area (TPSA) is 75.9 Å². The summed E-state index contributed by atoms with van der Waals surface area (Å²) < 4.78 is 4.76. The molecule has 17 heavy (non-hydrogen) atoms. The lowest BCUT2D eigenvalue weighted by molar-refractivity contribution is 0.411. The van der Waals surface area contributed by atoms with Gasteiger partial charge >= 0.3 is 0 Å². The Morgan fingerprint density at radius 1 is 1.41 bits per heavy atom. The van der Waals surface area contributed by atoms with Gasteiger partial charge in [0.2, 0.25) is 0 Å². The molecule has 2 rings (SSSR count). The lowest BCUT2D eigenvalue weighted by Crippen LogP contribution is -1.98. The van der Waals surface area contributed by atoms with Crippen LogP contribution >= 0.6 is 11.6 Å². The molecule has 0 saturated heterocycles. The summed E-state index contributed by atoms with van der Waals surface area (Å²) in [4.78, 5) is 0. The summed E-state index contributed by atoms with van der Waals surface area (Å²) in [6, 6.07) is 5.34. The van der Waals surface area contributed by atoms with Gasteiger partial charge in [0, 0.05) is 28.6 Å². The predicted octanol–water partition coefficient (Wildman–Crippen LogP) is 2.69. The second-order valence-corrected chi connectivity index (χ2v) is 4.11. The maximum atomic E-state index is 7.18. The standard InChI is InChI=1S/C12H12ClN3O/c13-11-5-9(7-14)12(15)6-8(11)1-2-10-3-4-17-16-10/h3-7,14H,1-2,15H2. The van der Waals surface area contributed by atoms with Gasteiger partial charge in [-0.3, -0.25) is 0 Å². The molecule has 4 nitrogen and oxygen atoms in total. The SMILES string of the molecule is N=Cc1cc(Cl)c(CCc2ccon2)cc1N. The number of nitrogens with one attached hydrogen (secondary N) is 1. The molecular weight excluding hydrogens is 238 g/mol. The monoisotopic (exact) mass is 249 g/mol. The summed E-state index contributed by atoms with van der Waals surface area (Å²) in [6.07, 6.45) is 4.24. The van der Waals surface area contributed by atoms with Gasteiger partial charge in [-0.05, 0) is 30.5 Å². The summed E-state index contributed by atoms with van der Waals surface area (Å²) in [5.41, 5.74) is 8.86. The molecule has 0 fully saturated rings. The van der Waals surface area contributed by atoms with Crippen LogP contribution in [-0.4, -0.2) is 11.4 Å². The Morgan fingerprint density at radius 2 is 2.24 bits per heavy atom. The van der Waals surface area contributed by atoms with Gasteiger partial charge in [0.25, 0.3) is 0 Å². The largest absolute Gasteiger partial charge is 0.398 e. The Morgan fingerprint density at radius 3 is 2.88 bits per heavy atom. The van der Waals surface area contributed by atoms with Crippen molar-refractivity contribution < 1.29 is 4.52 Å². The number of rotatable bonds is 4. The summed E-state index contributed by atoms with van der Waals surface area (Å²) in [7, 11) is 0. The Hall–Kier alpha value is -1.81. The van der Waals surface area contributed by atoms with Gasteiger partial charge in [-0.1, -0.05) is 16.8 Å². The first-order valence-corrected chi connectivity index (χ1v) is 5.56. The summed E-state index contributed by atoms with van der Waals surface area (Å²) in [5, 5.41) is 11.6. The zero-order valence-electron chi connectivity index (χ0n) is 9.11. The van der Waals surface area contributed by atoms with E-state index in [4.69, 9.17) is 27.3 Å². The molecule has 88 valence electrons. The third-order valence-corrected chi connectivity index (χ3v) is 2.90. The van der Waals surface area contributed by atoms with Crippen molar-refractivity contribution >= 4 is 23.5 Å². The third kappa shape index (κ3) is 2.65. The number of hydrogen-bond donors (Lipinski definition) is 2. The molecule has 2 aromatic rings. The van der Waals surface area contributed by atoms with E-state index in [2.05, 4.69) is 5.16 Å². The summed E-state index contributed by atoms with van der Waals surface area (Å²) in [6.45, 7) is 0. The van der Waals surface area contributed by atoms with E-state index in [1.54, 1.807) is 12.3 Å². The van der Waals surface area contributed by atoms with E-state index in [1.165, 1.54) is 6.21 Å². The van der Waals surface area contributed by atoms with E-state index in [1.807, 2.05) is 12.1 Å². The Kier molecular flexibility index (Phi) is 3.44. The number of hydrogen-bond acceptors (Lipinski definition) is 4. The average Bonchev–Trinajstić information content (AvgIpc) is 2.82. The number of aromatic nitrogens is 1. The molecule has 1 aromatic heterocycles. The van der Waals surface area contributed by atoms with Gasteiger partial charge < -0.3 is 15.7 Å². The molecule has 0 amide bonds. The first-order chi connectivity index (χ1) is 8.20. The van der Waals surface area contributed by atoms with Crippen LogP contribution in [0.4, 0.5) is 5.69 Å². The number of anilines is 1. The second kappa shape index (κ2) is 5.01. The molecule has 0 atom stereocenters. The first kappa shape index (κ1) is 11.7. The maximum Gasteiger partial charge on any atom is 0.124 e. The van der Waals surface area contributed by atoms with Crippen LogP contribution in [0.25, 0.3) is 0 Å². The highest BCUT2D eigenvalue weighted by molar-refractivity contribution is 6.31. The lowest BCUT2D eigenvalue weighted by atomic mass is 10.0. The number of aryl methyl sites for hydroxylation is 2. The summed E-state index contributed by atoms with van der Waals surface area (Å²) >= 11 is 6.12. The molecule has 0 bridgehead atoms. The highest BCUT2D eigenvalue weighted by Gasteiger charge is 2.06. The predicted molar refractivity (Wildman–Crippen MR) is 67.7 cm³/mol. The van der Waals surface area contributed by atoms with Crippen molar-refractivity contribution in [3.8, 4) is 0 Å². The van der Waals surface area contributed by atoms with Crippen LogP contribution in [0.5, 0.6) is 0 Å².